The first kappa shape index (κ1) is 27.7. The van der Waals surface area contributed by atoms with Crippen LogP contribution >= 0.6 is 33.3 Å². The quantitative estimate of drug-likeness (QED) is 0.103. The third kappa shape index (κ3) is 16.7. The van der Waals surface area contributed by atoms with E-state index in [1.54, 1.807) is 21.6 Å². The number of hydrogen-bond acceptors (Lipinski definition) is 7. The highest BCUT2D eigenvalue weighted by molar-refractivity contribution is 8.76. The van der Waals surface area contributed by atoms with Crippen molar-refractivity contribution < 1.29 is 19.1 Å². The number of carbonyl (C=O) groups excluding carboxylic acids is 2. The van der Waals surface area contributed by atoms with Crippen molar-refractivity contribution in [3.63, 3.8) is 0 Å². The maximum absolute atomic E-state index is 12.1. The molecule has 2 unspecified atom stereocenters. The monoisotopic (exact) mass is 450 g/mol. The average molecular weight is 451 g/mol. The molecule has 0 amide bonds. The summed E-state index contributed by atoms with van der Waals surface area (Å²) in [5.74, 6) is 3.67. The van der Waals surface area contributed by atoms with Gasteiger partial charge >= 0.3 is 11.9 Å². The molecule has 0 aliphatic rings. The molecule has 0 bridgehead atoms. The molecule has 28 heavy (non-hydrogen) atoms. The fourth-order valence-electron chi connectivity index (χ4n) is 2.55. The first-order chi connectivity index (χ1) is 13.5. The van der Waals surface area contributed by atoms with Crippen LogP contribution in [0.2, 0.25) is 0 Å². The van der Waals surface area contributed by atoms with Crippen LogP contribution in [0.25, 0.3) is 0 Å². The van der Waals surface area contributed by atoms with Crippen LogP contribution < -0.4 is 0 Å². The van der Waals surface area contributed by atoms with E-state index in [0.717, 1.165) is 29.3 Å². The SMILES string of the molecule is C=CC(=O)OCCSSCCOC(=O)C(C)CSCC(CCC)CCCCC. The average Bonchev–Trinajstić information content (AvgIpc) is 2.69. The summed E-state index contributed by atoms with van der Waals surface area (Å²) in [7, 11) is 3.23. The molecule has 0 saturated carbocycles. The molecule has 0 radical (unpaired) electrons. The van der Waals surface area contributed by atoms with Gasteiger partial charge in [-0.05, 0) is 24.5 Å². The van der Waals surface area contributed by atoms with Crippen molar-refractivity contribution in [2.75, 3.05) is 36.2 Å². The summed E-state index contributed by atoms with van der Waals surface area (Å²) in [4.78, 5) is 23.0. The molecule has 0 heterocycles. The topological polar surface area (TPSA) is 52.6 Å². The third-order valence-corrected chi connectivity index (χ3v) is 7.88. The van der Waals surface area contributed by atoms with E-state index in [0.29, 0.717) is 19.0 Å². The van der Waals surface area contributed by atoms with Gasteiger partial charge in [-0.15, -0.1) is 0 Å². The van der Waals surface area contributed by atoms with Crippen molar-refractivity contribution in [1.29, 1.82) is 0 Å². The van der Waals surface area contributed by atoms with Crippen LogP contribution in [0.4, 0.5) is 0 Å². The van der Waals surface area contributed by atoms with Crippen molar-refractivity contribution in [3.05, 3.63) is 12.7 Å². The molecule has 0 aromatic carbocycles. The smallest absolute Gasteiger partial charge is 0.330 e. The molecule has 2 atom stereocenters. The Morgan fingerprint density at radius 1 is 0.964 bits per heavy atom. The minimum Gasteiger partial charge on any atom is -0.465 e. The summed E-state index contributed by atoms with van der Waals surface area (Å²) in [6.07, 6.45) is 8.92. The highest BCUT2D eigenvalue weighted by Crippen LogP contribution is 2.23. The van der Waals surface area contributed by atoms with E-state index in [2.05, 4.69) is 20.4 Å². The Morgan fingerprint density at radius 3 is 2.25 bits per heavy atom. The van der Waals surface area contributed by atoms with E-state index in [1.807, 2.05) is 18.7 Å². The number of unbranched alkanes of at least 4 members (excludes halogenated alkanes) is 2. The van der Waals surface area contributed by atoms with Crippen molar-refractivity contribution >= 4 is 45.3 Å². The van der Waals surface area contributed by atoms with E-state index in [9.17, 15) is 9.59 Å². The highest BCUT2D eigenvalue weighted by Gasteiger charge is 2.16. The van der Waals surface area contributed by atoms with Crippen molar-refractivity contribution in [2.45, 2.75) is 59.3 Å². The molecule has 0 spiro atoms. The highest BCUT2D eigenvalue weighted by atomic mass is 33.1. The summed E-state index contributed by atoms with van der Waals surface area (Å²) in [6.45, 7) is 10.6. The lowest BCUT2D eigenvalue weighted by Gasteiger charge is -2.17. The van der Waals surface area contributed by atoms with Gasteiger partial charge in [0, 0.05) is 23.3 Å². The second-order valence-electron chi connectivity index (χ2n) is 6.77. The van der Waals surface area contributed by atoms with E-state index in [-0.39, 0.29) is 11.9 Å². The Balaban J connectivity index is 3.71. The van der Waals surface area contributed by atoms with E-state index < -0.39 is 5.97 Å². The van der Waals surface area contributed by atoms with Crippen molar-refractivity contribution in [2.24, 2.45) is 11.8 Å². The van der Waals surface area contributed by atoms with Crippen LogP contribution in [-0.4, -0.2) is 48.2 Å². The standard InChI is InChI=1S/C21H38O4S3/c1-5-8-9-11-19(10-6-2)17-26-16-18(4)21(23)25-13-15-28-27-14-12-24-20(22)7-3/h7,18-19H,3,5-6,8-17H2,1-2,4H3. The van der Waals surface area contributed by atoms with E-state index in [1.165, 1.54) is 38.5 Å². The summed E-state index contributed by atoms with van der Waals surface area (Å²) in [5, 5.41) is 0. The molecular weight excluding hydrogens is 412 g/mol. The van der Waals surface area contributed by atoms with E-state index >= 15 is 0 Å². The van der Waals surface area contributed by atoms with Gasteiger partial charge in [0.05, 0.1) is 5.92 Å². The van der Waals surface area contributed by atoms with Gasteiger partial charge in [-0.2, -0.15) is 11.8 Å². The zero-order chi connectivity index (χ0) is 21.0. The predicted octanol–water partition coefficient (Wildman–Crippen LogP) is 6.01. The molecule has 7 heteroatoms. The summed E-state index contributed by atoms with van der Waals surface area (Å²) < 4.78 is 10.3. The lowest BCUT2D eigenvalue weighted by atomic mass is 9.98. The molecule has 4 nitrogen and oxygen atoms in total. The number of carbonyl (C=O) groups is 2. The van der Waals surface area contributed by atoms with Gasteiger partial charge < -0.3 is 9.47 Å². The number of ether oxygens (including phenoxy) is 2. The van der Waals surface area contributed by atoms with Gasteiger partial charge in [-0.3, -0.25) is 4.79 Å². The number of esters is 2. The maximum Gasteiger partial charge on any atom is 0.330 e. The fraction of sp³-hybridized carbons (Fsp3) is 0.810. The second-order valence-corrected chi connectivity index (χ2v) is 10.5. The van der Waals surface area contributed by atoms with Gasteiger partial charge in [-0.1, -0.05) is 74.6 Å². The zero-order valence-corrected chi connectivity index (χ0v) is 20.2. The van der Waals surface area contributed by atoms with Crippen LogP contribution in [-0.2, 0) is 19.1 Å². The minimum atomic E-state index is -0.395. The van der Waals surface area contributed by atoms with E-state index in [4.69, 9.17) is 9.47 Å². The summed E-state index contributed by atoms with van der Waals surface area (Å²) in [6, 6.07) is 0. The lowest BCUT2D eigenvalue weighted by Crippen LogP contribution is -2.19. The molecule has 0 saturated heterocycles. The Kier molecular flexibility index (Phi) is 19.8. The third-order valence-electron chi connectivity index (χ3n) is 4.11. The van der Waals surface area contributed by atoms with Crippen LogP contribution in [0, 0.1) is 11.8 Å². The predicted molar refractivity (Wildman–Crippen MR) is 126 cm³/mol. The summed E-state index contributed by atoms with van der Waals surface area (Å²) >= 11 is 1.89. The Labute approximate surface area is 184 Å². The largest absolute Gasteiger partial charge is 0.465 e. The Bertz CT molecular complexity index is 418. The van der Waals surface area contributed by atoms with Gasteiger partial charge in [-0.25, -0.2) is 4.79 Å². The molecule has 0 aromatic heterocycles. The van der Waals surface area contributed by atoms with Crippen molar-refractivity contribution in [1.82, 2.24) is 0 Å². The molecule has 164 valence electrons. The lowest BCUT2D eigenvalue weighted by molar-refractivity contribution is -0.146. The first-order valence-corrected chi connectivity index (χ1v) is 14.0. The second kappa shape index (κ2) is 20.0. The summed E-state index contributed by atoms with van der Waals surface area (Å²) in [5.41, 5.74) is 0. The van der Waals surface area contributed by atoms with Crippen molar-refractivity contribution in [3.8, 4) is 0 Å². The number of thioether (sulfide) groups is 1. The molecular formula is C21H38O4S3. The van der Waals surface area contributed by atoms with Crippen LogP contribution in [0.3, 0.4) is 0 Å². The maximum atomic E-state index is 12.1. The van der Waals surface area contributed by atoms with Gasteiger partial charge in [0.25, 0.3) is 0 Å². The molecule has 0 rings (SSSR count). The number of rotatable bonds is 19. The molecule has 0 N–H and O–H groups in total. The molecule has 0 aliphatic carbocycles. The van der Waals surface area contributed by atoms with Gasteiger partial charge in [0.15, 0.2) is 0 Å². The molecule has 0 aromatic rings. The minimum absolute atomic E-state index is 0.0566. The number of hydrogen-bond donors (Lipinski definition) is 0. The first-order valence-electron chi connectivity index (χ1n) is 10.3. The van der Waals surface area contributed by atoms with Crippen LogP contribution in [0.15, 0.2) is 12.7 Å². The van der Waals surface area contributed by atoms with Crippen LogP contribution in [0.5, 0.6) is 0 Å². The van der Waals surface area contributed by atoms with Gasteiger partial charge in [0.2, 0.25) is 0 Å². The van der Waals surface area contributed by atoms with Gasteiger partial charge in [0.1, 0.15) is 13.2 Å². The van der Waals surface area contributed by atoms with Crippen LogP contribution in [0.1, 0.15) is 59.3 Å². The Hall–Kier alpha value is -0.270. The zero-order valence-electron chi connectivity index (χ0n) is 17.8. The molecule has 0 aliphatic heterocycles. The normalized spacial score (nSPS) is 13.0. The molecule has 0 fully saturated rings. The Morgan fingerprint density at radius 2 is 1.64 bits per heavy atom. The fourth-order valence-corrected chi connectivity index (χ4v) is 5.50.